The monoisotopic (exact) mass is 384 g/mol. The van der Waals surface area contributed by atoms with Crippen molar-refractivity contribution in [3.63, 3.8) is 0 Å². The highest BCUT2D eigenvalue weighted by atomic mass is 16.1. The molecule has 3 aliphatic rings. The van der Waals surface area contributed by atoms with Crippen LogP contribution in [-0.4, -0.2) is 28.0 Å². The summed E-state index contributed by atoms with van der Waals surface area (Å²) in [4.78, 5) is 48.7. The Morgan fingerprint density at radius 2 is 1.66 bits per heavy atom. The number of aromatic nitrogens is 1. The second-order valence-corrected chi connectivity index (χ2v) is 8.77. The van der Waals surface area contributed by atoms with E-state index in [4.69, 9.17) is 0 Å². The van der Waals surface area contributed by atoms with Gasteiger partial charge in [-0.05, 0) is 29.5 Å². The molecular formula is C24H20N2O3. The maximum atomic E-state index is 13.4. The number of hydrogen-bond acceptors (Lipinski definition) is 5. The molecule has 2 heterocycles. The highest BCUT2D eigenvalue weighted by Crippen LogP contribution is 2.49. The lowest BCUT2D eigenvalue weighted by atomic mass is 9.62. The minimum atomic E-state index is -0.508. The number of rotatable bonds is 1. The van der Waals surface area contributed by atoms with E-state index in [0.29, 0.717) is 24.1 Å². The third kappa shape index (κ3) is 2.64. The second-order valence-electron chi connectivity index (χ2n) is 8.77. The molecule has 5 rings (SSSR count). The van der Waals surface area contributed by atoms with Crippen LogP contribution in [0.25, 0.3) is 0 Å². The van der Waals surface area contributed by atoms with Gasteiger partial charge in [-0.25, -0.2) is 0 Å². The summed E-state index contributed by atoms with van der Waals surface area (Å²) >= 11 is 0. The first kappa shape index (κ1) is 17.9. The predicted octanol–water partition coefficient (Wildman–Crippen LogP) is 3.96. The number of carbonyl (C=O) groups excluding carboxylic acids is 3. The predicted molar refractivity (Wildman–Crippen MR) is 108 cm³/mol. The summed E-state index contributed by atoms with van der Waals surface area (Å²) in [5.74, 6) is -1.53. The van der Waals surface area contributed by atoms with Crippen LogP contribution in [0.5, 0.6) is 0 Å². The zero-order chi connectivity index (χ0) is 20.3. The van der Waals surface area contributed by atoms with Crippen molar-refractivity contribution in [2.45, 2.75) is 32.6 Å². The summed E-state index contributed by atoms with van der Waals surface area (Å²) in [7, 11) is 0. The highest BCUT2D eigenvalue weighted by molar-refractivity contribution is 6.29. The van der Waals surface area contributed by atoms with Gasteiger partial charge in [-0.3, -0.25) is 24.4 Å². The van der Waals surface area contributed by atoms with Gasteiger partial charge in [0.15, 0.2) is 0 Å². The summed E-state index contributed by atoms with van der Waals surface area (Å²) < 4.78 is 0. The molecule has 0 radical (unpaired) electrons. The SMILES string of the molecule is CC1(C)CC(=O)C2C(=NC3=C(C(=O)c4ncccc4C3=O)C2c2ccccc2)C1. The molecule has 5 heteroatoms. The smallest absolute Gasteiger partial charge is 0.214 e. The van der Waals surface area contributed by atoms with Crippen LogP contribution in [0.4, 0.5) is 0 Å². The number of fused-ring (bicyclic) bond motifs is 2. The first-order valence-electron chi connectivity index (χ1n) is 9.81. The van der Waals surface area contributed by atoms with Crippen LogP contribution in [-0.2, 0) is 4.79 Å². The molecule has 1 fully saturated rings. The molecule has 2 aliphatic carbocycles. The minimum Gasteiger partial charge on any atom is -0.299 e. The van der Waals surface area contributed by atoms with E-state index in [2.05, 4.69) is 9.98 Å². The Balaban J connectivity index is 1.78. The number of allylic oxidation sites excluding steroid dienone is 2. The van der Waals surface area contributed by atoms with Crippen molar-refractivity contribution in [2.75, 3.05) is 0 Å². The van der Waals surface area contributed by atoms with Gasteiger partial charge in [0.1, 0.15) is 17.2 Å². The summed E-state index contributed by atoms with van der Waals surface area (Å²) in [6, 6.07) is 12.8. The zero-order valence-electron chi connectivity index (χ0n) is 16.3. The van der Waals surface area contributed by atoms with Gasteiger partial charge in [0.2, 0.25) is 11.6 Å². The molecule has 2 aromatic rings. The number of nitrogens with zero attached hydrogens (tertiary/aromatic N) is 2. The number of carbonyl (C=O) groups is 3. The summed E-state index contributed by atoms with van der Waals surface area (Å²) in [6.45, 7) is 4.08. The van der Waals surface area contributed by atoms with Gasteiger partial charge < -0.3 is 0 Å². The third-order valence-electron chi connectivity index (χ3n) is 6.06. The van der Waals surface area contributed by atoms with Crippen LogP contribution in [0.3, 0.4) is 0 Å². The number of benzene rings is 1. The Labute approximate surface area is 168 Å². The lowest BCUT2D eigenvalue weighted by Gasteiger charge is -2.42. The molecule has 1 saturated carbocycles. The molecule has 0 spiro atoms. The van der Waals surface area contributed by atoms with Gasteiger partial charge >= 0.3 is 0 Å². The molecule has 1 aromatic carbocycles. The van der Waals surface area contributed by atoms with Crippen molar-refractivity contribution in [1.29, 1.82) is 0 Å². The summed E-state index contributed by atoms with van der Waals surface area (Å²) in [5.41, 5.74) is 2.28. The summed E-state index contributed by atoms with van der Waals surface area (Å²) in [5, 5.41) is 0. The normalized spacial score (nSPS) is 25.2. The fraction of sp³-hybridized carbons (Fsp3) is 0.292. The molecule has 1 aromatic heterocycles. The molecule has 29 heavy (non-hydrogen) atoms. The molecular weight excluding hydrogens is 364 g/mol. The lowest BCUT2D eigenvalue weighted by molar-refractivity contribution is -0.124. The minimum absolute atomic E-state index is 0.0764. The lowest BCUT2D eigenvalue weighted by Crippen LogP contribution is -2.45. The van der Waals surface area contributed by atoms with Crippen LogP contribution in [0.15, 0.2) is 64.9 Å². The Morgan fingerprint density at radius 1 is 0.897 bits per heavy atom. The Bertz CT molecular complexity index is 1140. The van der Waals surface area contributed by atoms with Gasteiger partial charge in [0.05, 0.1) is 11.5 Å². The molecule has 5 nitrogen and oxygen atoms in total. The third-order valence-corrected chi connectivity index (χ3v) is 6.06. The molecule has 0 saturated heterocycles. The van der Waals surface area contributed by atoms with E-state index < -0.39 is 11.8 Å². The molecule has 1 aliphatic heterocycles. The molecule has 2 unspecified atom stereocenters. The van der Waals surface area contributed by atoms with Gasteiger partial charge in [-0.2, -0.15) is 0 Å². The maximum absolute atomic E-state index is 13.4. The molecule has 2 atom stereocenters. The van der Waals surface area contributed by atoms with Gasteiger partial charge in [0.25, 0.3) is 0 Å². The van der Waals surface area contributed by atoms with Gasteiger partial charge in [-0.1, -0.05) is 44.2 Å². The topological polar surface area (TPSA) is 76.5 Å². The van der Waals surface area contributed by atoms with Crippen LogP contribution < -0.4 is 0 Å². The van der Waals surface area contributed by atoms with Crippen LogP contribution >= 0.6 is 0 Å². The van der Waals surface area contributed by atoms with Crippen molar-refractivity contribution in [3.8, 4) is 0 Å². The molecule has 144 valence electrons. The van der Waals surface area contributed by atoms with Gasteiger partial charge in [-0.15, -0.1) is 0 Å². The number of hydrogen-bond donors (Lipinski definition) is 0. The van der Waals surface area contributed by atoms with Crippen LogP contribution in [0, 0.1) is 11.3 Å². The molecule has 0 amide bonds. The second kappa shape index (κ2) is 6.14. The average Bonchev–Trinajstić information content (AvgIpc) is 2.70. The van der Waals surface area contributed by atoms with Crippen molar-refractivity contribution in [3.05, 3.63) is 76.8 Å². The molecule has 0 N–H and O–H groups in total. The highest BCUT2D eigenvalue weighted by Gasteiger charge is 2.50. The van der Waals surface area contributed by atoms with Crippen molar-refractivity contribution < 1.29 is 14.4 Å². The van der Waals surface area contributed by atoms with E-state index in [1.807, 2.05) is 44.2 Å². The number of Topliss-reactive ketones (excluding diaryl/α,β-unsaturated/α-hetero) is 3. The van der Waals surface area contributed by atoms with Crippen LogP contribution in [0.1, 0.15) is 59.0 Å². The first-order chi connectivity index (χ1) is 13.9. The largest absolute Gasteiger partial charge is 0.299 e. The van der Waals surface area contributed by atoms with E-state index in [9.17, 15) is 14.4 Å². The van der Waals surface area contributed by atoms with Crippen molar-refractivity contribution in [2.24, 2.45) is 16.3 Å². The van der Waals surface area contributed by atoms with E-state index in [1.165, 1.54) is 6.20 Å². The first-order valence-corrected chi connectivity index (χ1v) is 9.81. The van der Waals surface area contributed by atoms with Crippen LogP contribution in [0.2, 0.25) is 0 Å². The average molecular weight is 384 g/mol. The molecule has 0 bridgehead atoms. The van der Waals surface area contributed by atoms with E-state index in [0.717, 1.165) is 5.56 Å². The maximum Gasteiger partial charge on any atom is 0.214 e. The number of pyridine rings is 1. The van der Waals surface area contributed by atoms with E-state index in [1.54, 1.807) is 12.1 Å². The Hall–Kier alpha value is -3.21. The number of ketones is 3. The number of aliphatic imine (C=N–C) groups is 1. The van der Waals surface area contributed by atoms with Crippen molar-refractivity contribution in [1.82, 2.24) is 4.98 Å². The quantitative estimate of drug-likeness (QED) is 0.746. The standard InChI is InChI=1S/C24H20N2O3/c1-24(2)11-15-18(16(27)12-24)17(13-7-4-3-5-8-13)19-21(26-15)22(28)14-9-6-10-25-20(14)23(19)29/h3-10,17-18H,11-12H2,1-2H3. The van der Waals surface area contributed by atoms with Crippen molar-refractivity contribution >= 4 is 23.1 Å². The van der Waals surface area contributed by atoms with Gasteiger partial charge in [0, 0.05) is 29.8 Å². The fourth-order valence-corrected chi connectivity index (χ4v) is 4.90. The zero-order valence-corrected chi connectivity index (χ0v) is 16.3. The van der Waals surface area contributed by atoms with E-state index >= 15 is 0 Å². The summed E-state index contributed by atoms with van der Waals surface area (Å²) in [6.07, 6.45) is 2.57. The Kier molecular flexibility index (Phi) is 3.78. The fourth-order valence-electron chi connectivity index (χ4n) is 4.90. The van der Waals surface area contributed by atoms with E-state index in [-0.39, 0.29) is 39.7 Å². The Morgan fingerprint density at radius 3 is 2.41 bits per heavy atom.